The number of fused-ring (bicyclic) bond motifs is 1. The number of rotatable bonds is 7. The van der Waals surface area contributed by atoms with Crippen molar-refractivity contribution in [1.82, 2.24) is 19.5 Å². The molecule has 0 aliphatic carbocycles. The summed E-state index contributed by atoms with van der Waals surface area (Å²) in [5, 5.41) is 15.5. The van der Waals surface area contributed by atoms with E-state index in [-0.39, 0.29) is 11.9 Å². The molecular formula is C25H29N5O3S. The number of hydrogen-bond acceptors (Lipinski definition) is 8. The lowest BCUT2D eigenvalue weighted by Gasteiger charge is -2.40. The van der Waals surface area contributed by atoms with Crippen LogP contribution in [0.4, 0.5) is 5.69 Å². The fourth-order valence-corrected chi connectivity index (χ4v) is 5.72. The Bertz CT molecular complexity index is 1260. The topological polar surface area (TPSA) is 75.4 Å². The monoisotopic (exact) mass is 479 g/mol. The van der Waals surface area contributed by atoms with Crippen molar-refractivity contribution in [3.8, 4) is 17.4 Å². The van der Waals surface area contributed by atoms with Crippen LogP contribution < -0.4 is 14.4 Å². The van der Waals surface area contributed by atoms with Gasteiger partial charge in [0, 0.05) is 31.9 Å². The quantitative estimate of drug-likeness (QED) is 0.427. The van der Waals surface area contributed by atoms with Gasteiger partial charge >= 0.3 is 0 Å². The number of ether oxygens (including phenoxy) is 2. The molecule has 0 saturated carbocycles. The van der Waals surface area contributed by atoms with E-state index in [4.69, 9.17) is 9.47 Å². The summed E-state index contributed by atoms with van der Waals surface area (Å²) in [7, 11) is 1.65. The maximum absolute atomic E-state index is 11.1. The van der Waals surface area contributed by atoms with E-state index in [1.165, 1.54) is 21.5 Å². The van der Waals surface area contributed by atoms with Crippen LogP contribution in [0.3, 0.4) is 0 Å². The summed E-state index contributed by atoms with van der Waals surface area (Å²) in [5.41, 5.74) is 2.27. The average Bonchev–Trinajstić information content (AvgIpc) is 3.38. The van der Waals surface area contributed by atoms with E-state index in [0.717, 1.165) is 36.6 Å². The molecule has 0 bridgehead atoms. The third kappa shape index (κ3) is 4.17. The van der Waals surface area contributed by atoms with Crippen molar-refractivity contribution in [3.05, 3.63) is 64.8 Å². The number of aryl methyl sites for hydroxylation is 1. The van der Waals surface area contributed by atoms with Crippen LogP contribution >= 0.6 is 11.3 Å². The number of piperazine rings is 1. The highest BCUT2D eigenvalue weighted by molar-refractivity contribution is 7.17. The predicted octanol–water partition coefficient (Wildman–Crippen LogP) is 4.12. The first-order valence-corrected chi connectivity index (χ1v) is 12.3. The Kier molecular flexibility index (Phi) is 6.30. The summed E-state index contributed by atoms with van der Waals surface area (Å²) in [6, 6.07) is 16.4. The van der Waals surface area contributed by atoms with Crippen molar-refractivity contribution in [2.75, 3.05) is 44.8 Å². The fourth-order valence-electron chi connectivity index (χ4n) is 4.56. The second-order valence-corrected chi connectivity index (χ2v) is 9.26. The van der Waals surface area contributed by atoms with E-state index in [9.17, 15) is 5.11 Å². The van der Waals surface area contributed by atoms with Crippen LogP contribution in [0.1, 0.15) is 29.2 Å². The van der Waals surface area contributed by atoms with Gasteiger partial charge in [-0.15, -0.1) is 5.10 Å². The molecule has 178 valence electrons. The van der Waals surface area contributed by atoms with E-state index >= 15 is 0 Å². The van der Waals surface area contributed by atoms with Crippen molar-refractivity contribution in [1.29, 1.82) is 0 Å². The third-order valence-electron chi connectivity index (χ3n) is 6.16. The molecule has 1 atom stereocenters. The first-order valence-electron chi connectivity index (χ1n) is 11.5. The summed E-state index contributed by atoms with van der Waals surface area (Å²) in [5.74, 6) is 2.18. The maximum Gasteiger partial charge on any atom is 0.230 e. The Hall–Kier alpha value is -3.30. The molecule has 2 aromatic heterocycles. The number of aromatic hydroxyl groups is 1. The zero-order valence-corrected chi connectivity index (χ0v) is 20.5. The molecule has 1 unspecified atom stereocenters. The van der Waals surface area contributed by atoms with Gasteiger partial charge in [0.2, 0.25) is 10.8 Å². The standard InChI is InChI=1S/C25H29N5O3S/c1-4-33-20-11-10-18(16-21(20)32-3)22(23-24(31)30-25(34-23)26-17(2)27-30)29-14-12-28(13-15-29)19-8-6-5-7-9-19/h5-11,16,22,31H,4,12-15H2,1-3H3. The highest BCUT2D eigenvalue weighted by atomic mass is 32.1. The molecule has 2 aromatic carbocycles. The smallest absolute Gasteiger partial charge is 0.230 e. The molecule has 8 nitrogen and oxygen atoms in total. The number of nitrogens with zero attached hydrogens (tertiary/aromatic N) is 5. The van der Waals surface area contributed by atoms with Crippen LogP contribution in [-0.4, -0.2) is 64.5 Å². The number of para-hydroxylation sites is 1. The third-order valence-corrected chi connectivity index (χ3v) is 7.23. The molecule has 0 amide bonds. The van der Waals surface area contributed by atoms with Gasteiger partial charge in [0.15, 0.2) is 11.5 Å². The zero-order chi connectivity index (χ0) is 23.7. The van der Waals surface area contributed by atoms with Gasteiger partial charge in [-0.05, 0) is 43.7 Å². The van der Waals surface area contributed by atoms with E-state index < -0.39 is 0 Å². The normalized spacial score (nSPS) is 15.6. The Labute approximate surface area is 203 Å². The van der Waals surface area contributed by atoms with Crippen LogP contribution in [-0.2, 0) is 0 Å². The van der Waals surface area contributed by atoms with Crippen molar-refractivity contribution in [3.63, 3.8) is 0 Å². The molecule has 3 heterocycles. The van der Waals surface area contributed by atoms with Crippen LogP contribution in [0, 0.1) is 6.92 Å². The Morgan fingerprint density at radius 2 is 1.82 bits per heavy atom. The van der Waals surface area contributed by atoms with Crippen LogP contribution in [0.2, 0.25) is 0 Å². The molecule has 9 heteroatoms. The van der Waals surface area contributed by atoms with Crippen LogP contribution in [0.5, 0.6) is 17.4 Å². The van der Waals surface area contributed by atoms with Crippen LogP contribution in [0.25, 0.3) is 4.96 Å². The molecule has 5 rings (SSSR count). The summed E-state index contributed by atoms with van der Waals surface area (Å²) in [4.78, 5) is 10.8. The molecule has 1 saturated heterocycles. The molecule has 34 heavy (non-hydrogen) atoms. The maximum atomic E-state index is 11.1. The van der Waals surface area contributed by atoms with Gasteiger partial charge < -0.3 is 19.5 Å². The minimum absolute atomic E-state index is 0.143. The first kappa shape index (κ1) is 22.5. The lowest BCUT2D eigenvalue weighted by molar-refractivity contribution is 0.210. The van der Waals surface area contributed by atoms with Gasteiger partial charge in [-0.2, -0.15) is 4.52 Å². The summed E-state index contributed by atoms with van der Waals surface area (Å²) >= 11 is 1.48. The van der Waals surface area contributed by atoms with Crippen LogP contribution in [0.15, 0.2) is 48.5 Å². The van der Waals surface area contributed by atoms with Crippen molar-refractivity contribution < 1.29 is 14.6 Å². The number of anilines is 1. The SMILES string of the molecule is CCOc1ccc(C(c2sc3nc(C)nn3c2O)N2CCN(c3ccccc3)CC2)cc1OC. The average molecular weight is 480 g/mol. The zero-order valence-electron chi connectivity index (χ0n) is 19.6. The van der Waals surface area contributed by atoms with Gasteiger partial charge in [-0.1, -0.05) is 35.6 Å². The number of hydrogen-bond donors (Lipinski definition) is 1. The first-order chi connectivity index (χ1) is 16.6. The molecule has 1 aliphatic heterocycles. The Morgan fingerprint density at radius 1 is 1.06 bits per heavy atom. The minimum atomic E-state index is -0.156. The van der Waals surface area contributed by atoms with Gasteiger partial charge in [0.05, 0.1) is 24.6 Å². The van der Waals surface area contributed by atoms with E-state index in [1.807, 2.05) is 32.0 Å². The predicted molar refractivity (Wildman–Crippen MR) is 133 cm³/mol. The minimum Gasteiger partial charge on any atom is -0.493 e. The van der Waals surface area contributed by atoms with Crippen molar-refractivity contribution in [2.24, 2.45) is 0 Å². The Morgan fingerprint density at radius 3 is 2.50 bits per heavy atom. The van der Waals surface area contributed by atoms with E-state index in [2.05, 4.69) is 50.2 Å². The van der Waals surface area contributed by atoms with Crippen molar-refractivity contribution in [2.45, 2.75) is 19.9 Å². The molecule has 0 spiro atoms. The summed E-state index contributed by atoms with van der Waals surface area (Å²) in [6.45, 7) is 7.84. The number of benzene rings is 2. The van der Waals surface area contributed by atoms with E-state index in [0.29, 0.717) is 28.9 Å². The van der Waals surface area contributed by atoms with E-state index in [1.54, 1.807) is 7.11 Å². The summed E-state index contributed by atoms with van der Waals surface area (Å²) < 4.78 is 12.9. The lowest BCUT2D eigenvalue weighted by atomic mass is 10.0. The summed E-state index contributed by atoms with van der Waals surface area (Å²) in [6.07, 6.45) is 0. The largest absolute Gasteiger partial charge is 0.493 e. The molecule has 1 aliphatic rings. The molecule has 1 N–H and O–H groups in total. The second kappa shape index (κ2) is 9.52. The molecular weight excluding hydrogens is 450 g/mol. The van der Waals surface area contributed by atoms with Gasteiger partial charge in [-0.25, -0.2) is 4.98 Å². The second-order valence-electron chi connectivity index (χ2n) is 8.25. The van der Waals surface area contributed by atoms with Gasteiger partial charge in [0.25, 0.3) is 0 Å². The highest BCUT2D eigenvalue weighted by Gasteiger charge is 2.32. The van der Waals surface area contributed by atoms with Gasteiger partial charge in [0.1, 0.15) is 5.82 Å². The fraction of sp³-hybridized carbons (Fsp3) is 0.360. The number of thiazole rings is 1. The molecule has 0 radical (unpaired) electrons. The Balaban J connectivity index is 1.51. The molecule has 4 aromatic rings. The molecule has 1 fully saturated rings. The number of aromatic nitrogens is 3. The lowest BCUT2D eigenvalue weighted by Crippen LogP contribution is -2.47. The highest BCUT2D eigenvalue weighted by Crippen LogP contribution is 2.42. The number of methoxy groups -OCH3 is 1. The van der Waals surface area contributed by atoms with Crippen molar-refractivity contribution >= 4 is 22.0 Å². The van der Waals surface area contributed by atoms with Gasteiger partial charge in [-0.3, -0.25) is 4.90 Å².